The highest BCUT2D eigenvalue weighted by Crippen LogP contribution is 2.35. The summed E-state index contributed by atoms with van der Waals surface area (Å²) in [6.45, 7) is 4.47. The van der Waals surface area contributed by atoms with Crippen molar-refractivity contribution in [3.63, 3.8) is 0 Å². The summed E-state index contributed by atoms with van der Waals surface area (Å²) in [5.41, 5.74) is 6.49. The third-order valence-corrected chi connectivity index (χ3v) is 4.88. The lowest BCUT2D eigenvalue weighted by Crippen LogP contribution is -2.06. The van der Waals surface area contributed by atoms with Crippen LogP contribution < -0.4 is 15.8 Å². The van der Waals surface area contributed by atoms with Crippen molar-refractivity contribution < 1.29 is 4.74 Å². The molecule has 0 spiro atoms. The van der Waals surface area contributed by atoms with Crippen LogP contribution in [0.2, 0.25) is 0 Å². The van der Waals surface area contributed by atoms with Crippen LogP contribution >= 0.6 is 7.92 Å². The first-order valence-electron chi connectivity index (χ1n) is 4.91. The van der Waals surface area contributed by atoms with Crippen LogP contribution in [0.25, 0.3) is 0 Å². The number of anilines is 1. The van der Waals surface area contributed by atoms with Gasteiger partial charge in [0.25, 0.3) is 0 Å². The van der Waals surface area contributed by atoms with E-state index in [1.807, 2.05) is 6.07 Å². The SMILES string of the molecule is CCP(CC)c1ccc(N)c(OC)c1. The van der Waals surface area contributed by atoms with Gasteiger partial charge in [0.2, 0.25) is 0 Å². The lowest BCUT2D eigenvalue weighted by molar-refractivity contribution is 0.417. The zero-order valence-corrected chi connectivity index (χ0v) is 9.97. The van der Waals surface area contributed by atoms with E-state index >= 15 is 0 Å². The molecule has 1 rings (SSSR count). The van der Waals surface area contributed by atoms with Crippen LogP contribution in [-0.4, -0.2) is 19.4 Å². The van der Waals surface area contributed by atoms with Crippen molar-refractivity contribution in [1.82, 2.24) is 0 Å². The number of nitrogens with two attached hydrogens (primary N) is 1. The zero-order chi connectivity index (χ0) is 10.6. The van der Waals surface area contributed by atoms with Gasteiger partial charge < -0.3 is 10.5 Å². The fourth-order valence-electron chi connectivity index (χ4n) is 1.49. The van der Waals surface area contributed by atoms with E-state index in [0.29, 0.717) is 0 Å². The first-order chi connectivity index (χ1) is 6.72. The highest BCUT2D eigenvalue weighted by molar-refractivity contribution is 7.65. The minimum absolute atomic E-state index is 0.0212. The molecule has 0 fully saturated rings. The van der Waals surface area contributed by atoms with E-state index in [4.69, 9.17) is 10.5 Å². The number of rotatable bonds is 4. The maximum absolute atomic E-state index is 5.77. The van der Waals surface area contributed by atoms with E-state index in [2.05, 4.69) is 26.0 Å². The summed E-state index contributed by atoms with van der Waals surface area (Å²) in [6, 6.07) is 6.14. The predicted octanol–water partition coefficient (Wildman–Crippen LogP) is 2.42. The lowest BCUT2D eigenvalue weighted by Gasteiger charge is -2.15. The van der Waals surface area contributed by atoms with Crippen molar-refractivity contribution in [2.45, 2.75) is 13.8 Å². The first-order valence-corrected chi connectivity index (χ1v) is 6.62. The Hall–Kier alpha value is -0.750. The molecule has 0 atom stereocenters. The largest absolute Gasteiger partial charge is 0.495 e. The van der Waals surface area contributed by atoms with Gasteiger partial charge in [0.15, 0.2) is 0 Å². The normalized spacial score (nSPS) is 10.6. The van der Waals surface area contributed by atoms with Crippen molar-refractivity contribution >= 4 is 18.9 Å². The van der Waals surface area contributed by atoms with Crippen LogP contribution in [-0.2, 0) is 0 Å². The first kappa shape index (κ1) is 11.3. The van der Waals surface area contributed by atoms with E-state index in [-0.39, 0.29) is 7.92 Å². The molecule has 1 aromatic carbocycles. The highest BCUT2D eigenvalue weighted by Gasteiger charge is 2.08. The molecule has 0 aliphatic heterocycles. The molecule has 78 valence electrons. The average molecular weight is 211 g/mol. The summed E-state index contributed by atoms with van der Waals surface area (Å²) < 4.78 is 5.21. The molecule has 0 aliphatic carbocycles. The molecule has 0 aliphatic rings. The molecule has 0 amide bonds. The smallest absolute Gasteiger partial charge is 0.142 e. The van der Waals surface area contributed by atoms with Crippen molar-refractivity contribution in [3.8, 4) is 5.75 Å². The molecular weight excluding hydrogens is 193 g/mol. The van der Waals surface area contributed by atoms with Crippen molar-refractivity contribution in [3.05, 3.63) is 18.2 Å². The fraction of sp³-hybridized carbons (Fsp3) is 0.455. The molecule has 0 unspecified atom stereocenters. The van der Waals surface area contributed by atoms with Crippen molar-refractivity contribution in [2.24, 2.45) is 0 Å². The third-order valence-electron chi connectivity index (χ3n) is 2.35. The molecule has 0 heterocycles. The monoisotopic (exact) mass is 211 g/mol. The molecule has 2 N–H and O–H groups in total. The Kier molecular flexibility index (Phi) is 4.21. The van der Waals surface area contributed by atoms with E-state index in [0.717, 1.165) is 11.4 Å². The van der Waals surface area contributed by atoms with Crippen LogP contribution in [0.5, 0.6) is 5.75 Å². The van der Waals surface area contributed by atoms with Gasteiger partial charge in [0, 0.05) is 0 Å². The number of benzene rings is 1. The maximum atomic E-state index is 5.77. The van der Waals surface area contributed by atoms with Crippen molar-refractivity contribution in [2.75, 3.05) is 25.2 Å². The quantitative estimate of drug-likeness (QED) is 0.613. The van der Waals surface area contributed by atoms with Crippen molar-refractivity contribution in [1.29, 1.82) is 0 Å². The Morgan fingerprint density at radius 3 is 2.43 bits per heavy atom. The molecule has 3 heteroatoms. The number of hydrogen-bond donors (Lipinski definition) is 1. The second-order valence-electron chi connectivity index (χ2n) is 3.10. The van der Waals surface area contributed by atoms with Gasteiger partial charge in [-0.1, -0.05) is 27.8 Å². The zero-order valence-electron chi connectivity index (χ0n) is 9.08. The molecule has 0 saturated heterocycles. The summed E-state index contributed by atoms with van der Waals surface area (Å²) in [4.78, 5) is 0. The Morgan fingerprint density at radius 2 is 1.93 bits per heavy atom. The molecule has 0 aromatic heterocycles. The summed E-state index contributed by atoms with van der Waals surface area (Å²) in [6.07, 6.45) is 2.44. The van der Waals surface area contributed by atoms with E-state index in [1.165, 1.54) is 17.6 Å². The summed E-state index contributed by atoms with van der Waals surface area (Å²) in [5.74, 6) is 0.803. The second kappa shape index (κ2) is 5.21. The number of methoxy groups -OCH3 is 1. The molecule has 14 heavy (non-hydrogen) atoms. The van der Waals surface area contributed by atoms with Crippen LogP contribution in [0.4, 0.5) is 5.69 Å². The Labute approximate surface area is 87.2 Å². The summed E-state index contributed by atoms with van der Waals surface area (Å²) in [5, 5.41) is 1.39. The topological polar surface area (TPSA) is 35.2 Å². The predicted molar refractivity (Wildman–Crippen MR) is 65.0 cm³/mol. The molecule has 0 saturated carbocycles. The molecular formula is C11H18NOP. The maximum Gasteiger partial charge on any atom is 0.142 e. The van der Waals surface area contributed by atoms with E-state index in [1.54, 1.807) is 7.11 Å². The molecule has 0 radical (unpaired) electrons. The second-order valence-corrected chi connectivity index (χ2v) is 5.96. The number of nitrogen functional groups attached to an aromatic ring is 1. The minimum atomic E-state index is -0.0212. The van der Waals surface area contributed by atoms with Gasteiger partial charge in [0.05, 0.1) is 12.8 Å². The highest BCUT2D eigenvalue weighted by atomic mass is 31.1. The van der Waals surface area contributed by atoms with Gasteiger partial charge in [-0.15, -0.1) is 0 Å². The Bertz CT molecular complexity index is 297. The van der Waals surface area contributed by atoms with Crippen LogP contribution in [0, 0.1) is 0 Å². The van der Waals surface area contributed by atoms with Gasteiger partial charge in [-0.2, -0.15) is 0 Å². The summed E-state index contributed by atoms with van der Waals surface area (Å²) in [7, 11) is 1.64. The van der Waals surface area contributed by atoms with Gasteiger partial charge in [0.1, 0.15) is 5.75 Å². The number of ether oxygens (including phenoxy) is 1. The third kappa shape index (κ3) is 2.39. The fourth-order valence-corrected chi connectivity index (χ4v) is 3.25. The van der Waals surface area contributed by atoms with E-state index < -0.39 is 0 Å². The van der Waals surface area contributed by atoms with Gasteiger partial charge in [-0.3, -0.25) is 0 Å². The van der Waals surface area contributed by atoms with E-state index in [9.17, 15) is 0 Å². The number of hydrogen-bond acceptors (Lipinski definition) is 2. The van der Waals surface area contributed by atoms with Crippen LogP contribution in [0.1, 0.15) is 13.8 Å². The molecule has 0 bridgehead atoms. The lowest BCUT2D eigenvalue weighted by atomic mass is 10.3. The standard InChI is InChI=1S/C11H18NOP/c1-4-14(5-2)9-6-7-10(12)11(8-9)13-3/h6-8H,4-5,12H2,1-3H3. The minimum Gasteiger partial charge on any atom is -0.495 e. The van der Waals surface area contributed by atoms with Gasteiger partial charge in [-0.05, 0) is 29.8 Å². The van der Waals surface area contributed by atoms with Crippen LogP contribution in [0.3, 0.4) is 0 Å². The average Bonchev–Trinajstić information content (AvgIpc) is 2.22. The van der Waals surface area contributed by atoms with Gasteiger partial charge >= 0.3 is 0 Å². The van der Waals surface area contributed by atoms with Gasteiger partial charge in [-0.25, -0.2) is 0 Å². The Morgan fingerprint density at radius 1 is 1.29 bits per heavy atom. The Balaban J connectivity index is 2.98. The molecule has 1 aromatic rings. The summed E-state index contributed by atoms with van der Waals surface area (Å²) >= 11 is 0. The molecule has 2 nitrogen and oxygen atoms in total. The van der Waals surface area contributed by atoms with Crippen LogP contribution in [0.15, 0.2) is 18.2 Å².